The van der Waals surface area contributed by atoms with Gasteiger partial charge in [0.05, 0.1) is 5.69 Å². The van der Waals surface area contributed by atoms with Crippen LogP contribution in [0.25, 0.3) is 0 Å². The molecule has 1 aromatic rings. The van der Waals surface area contributed by atoms with Gasteiger partial charge >= 0.3 is 0 Å². The van der Waals surface area contributed by atoms with E-state index in [4.69, 9.17) is 5.73 Å². The van der Waals surface area contributed by atoms with E-state index in [1.807, 2.05) is 0 Å². The molecule has 0 saturated carbocycles. The van der Waals surface area contributed by atoms with Crippen molar-refractivity contribution in [1.29, 1.82) is 0 Å². The van der Waals surface area contributed by atoms with Crippen molar-refractivity contribution < 1.29 is 4.39 Å². The Labute approximate surface area is 100 Å². The average molecular weight is 236 g/mol. The van der Waals surface area contributed by atoms with Gasteiger partial charge in [0.15, 0.2) is 11.6 Å². The van der Waals surface area contributed by atoms with E-state index in [1.165, 1.54) is 6.33 Å². The van der Waals surface area contributed by atoms with E-state index >= 15 is 0 Å². The first-order valence-corrected chi connectivity index (χ1v) is 6.18. The van der Waals surface area contributed by atoms with Crippen molar-refractivity contribution in [3.8, 4) is 0 Å². The lowest BCUT2D eigenvalue weighted by molar-refractivity contribution is 0.405. The van der Waals surface area contributed by atoms with Crippen molar-refractivity contribution in [3.63, 3.8) is 0 Å². The molecule has 92 valence electrons. The van der Waals surface area contributed by atoms with E-state index < -0.39 is 0 Å². The van der Waals surface area contributed by atoms with Gasteiger partial charge in [-0.05, 0) is 32.6 Å². The highest BCUT2D eigenvalue weighted by atomic mass is 19.1. The van der Waals surface area contributed by atoms with Gasteiger partial charge in [-0.25, -0.2) is 14.4 Å². The number of rotatable bonds is 1. The minimum atomic E-state index is -0.278. The summed E-state index contributed by atoms with van der Waals surface area (Å²) >= 11 is 0. The fourth-order valence-corrected chi connectivity index (χ4v) is 3.19. The maximum Gasteiger partial charge on any atom is 0.186 e. The predicted molar refractivity (Wildman–Crippen MR) is 63.2 cm³/mol. The summed E-state index contributed by atoms with van der Waals surface area (Å²) in [6.07, 6.45) is 5.53. The van der Waals surface area contributed by atoms with Crippen LogP contribution in [0.2, 0.25) is 0 Å². The fraction of sp³-hybridized carbons (Fsp3) is 0.667. The minimum absolute atomic E-state index is 0.259. The lowest BCUT2D eigenvalue weighted by Gasteiger charge is -2.38. The molecule has 2 aliphatic heterocycles. The quantitative estimate of drug-likeness (QED) is 0.800. The standard InChI is InChI=1S/C12H17FN4/c1-7-11(13)12(16-6-15-7)17-9-2-3-10(17)5-8(14)4-9/h6,8-10H,2-5,14H2,1H3. The Morgan fingerprint density at radius 2 is 1.94 bits per heavy atom. The fourth-order valence-electron chi connectivity index (χ4n) is 3.19. The molecule has 0 aromatic carbocycles. The van der Waals surface area contributed by atoms with Gasteiger partial charge in [-0.2, -0.15) is 0 Å². The number of nitrogens with zero attached hydrogens (tertiary/aromatic N) is 3. The van der Waals surface area contributed by atoms with Gasteiger partial charge in [0.1, 0.15) is 6.33 Å². The van der Waals surface area contributed by atoms with Gasteiger partial charge < -0.3 is 10.6 Å². The van der Waals surface area contributed by atoms with Crippen molar-refractivity contribution in [2.24, 2.45) is 5.73 Å². The highest BCUT2D eigenvalue weighted by molar-refractivity contribution is 5.45. The molecular weight excluding hydrogens is 219 g/mol. The van der Waals surface area contributed by atoms with Crippen LogP contribution >= 0.6 is 0 Å². The maximum absolute atomic E-state index is 14.1. The van der Waals surface area contributed by atoms with E-state index in [9.17, 15) is 4.39 Å². The third-order valence-corrected chi connectivity index (χ3v) is 3.96. The molecule has 2 N–H and O–H groups in total. The first-order chi connectivity index (χ1) is 8.16. The Balaban J connectivity index is 1.97. The third-order valence-electron chi connectivity index (χ3n) is 3.96. The molecule has 3 heterocycles. The van der Waals surface area contributed by atoms with Gasteiger partial charge in [0, 0.05) is 18.1 Å². The molecule has 2 atom stereocenters. The summed E-state index contributed by atoms with van der Waals surface area (Å²) in [5.74, 6) is 0.191. The van der Waals surface area contributed by atoms with Crippen LogP contribution in [-0.4, -0.2) is 28.1 Å². The molecule has 3 rings (SSSR count). The first-order valence-electron chi connectivity index (χ1n) is 6.18. The lowest BCUT2D eigenvalue weighted by atomic mass is 9.98. The highest BCUT2D eigenvalue weighted by Crippen LogP contribution is 2.38. The van der Waals surface area contributed by atoms with Crippen molar-refractivity contribution >= 4 is 5.82 Å². The van der Waals surface area contributed by atoms with Gasteiger partial charge in [-0.3, -0.25) is 0 Å². The average Bonchev–Trinajstić information content (AvgIpc) is 2.55. The first kappa shape index (κ1) is 10.9. The molecule has 1 aromatic heterocycles. The zero-order valence-electron chi connectivity index (χ0n) is 9.93. The van der Waals surface area contributed by atoms with Gasteiger partial charge in [0.25, 0.3) is 0 Å². The topological polar surface area (TPSA) is 55.0 Å². The van der Waals surface area contributed by atoms with Crippen LogP contribution < -0.4 is 10.6 Å². The Morgan fingerprint density at radius 1 is 1.29 bits per heavy atom. The molecule has 2 unspecified atom stereocenters. The van der Waals surface area contributed by atoms with Crippen LogP contribution in [0, 0.1) is 12.7 Å². The Morgan fingerprint density at radius 3 is 2.59 bits per heavy atom. The number of hydrogen-bond acceptors (Lipinski definition) is 4. The number of hydrogen-bond donors (Lipinski definition) is 1. The molecule has 0 amide bonds. The number of aromatic nitrogens is 2. The van der Waals surface area contributed by atoms with Crippen LogP contribution in [-0.2, 0) is 0 Å². The lowest BCUT2D eigenvalue weighted by Crippen LogP contribution is -2.48. The summed E-state index contributed by atoms with van der Waals surface area (Å²) in [7, 11) is 0. The van der Waals surface area contributed by atoms with Gasteiger partial charge in [0.2, 0.25) is 0 Å². The number of nitrogens with two attached hydrogens (primary N) is 1. The molecule has 5 heteroatoms. The van der Waals surface area contributed by atoms with Crippen LogP contribution in [0.4, 0.5) is 10.2 Å². The van der Waals surface area contributed by atoms with E-state index in [0.29, 0.717) is 23.6 Å². The van der Waals surface area contributed by atoms with Crippen molar-refractivity contribution in [3.05, 3.63) is 17.8 Å². The Kier molecular flexibility index (Phi) is 2.50. The van der Waals surface area contributed by atoms with Crippen molar-refractivity contribution in [2.45, 2.75) is 50.7 Å². The summed E-state index contributed by atoms with van der Waals surface area (Å²) in [6.45, 7) is 1.68. The SMILES string of the molecule is Cc1ncnc(N2C3CCC2CC(N)C3)c1F. The molecule has 0 aliphatic carbocycles. The molecule has 17 heavy (non-hydrogen) atoms. The summed E-state index contributed by atoms with van der Waals surface area (Å²) in [4.78, 5) is 10.1. The summed E-state index contributed by atoms with van der Waals surface area (Å²) in [5.41, 5.74) is 6.43. The molecule has 2 fully saturated rings. The Bertz CT molecular complexity index is 423. The maximum atomic E-state index is 14.1. The largest absolute Gasteiger partial charge is 0.348 e. The second kappa shape index (κ2) is 3.91. The van der Waals surface area contributed by atoms with Crippen LogP contribution in [0.1, 0.15) is 31.4 Å². The molecule has 2 aliphatic rings. The minimum Gasteiger partial charge on any atom is -0.348 e. The van der Waals surface area contributed by atoms with Gasteiger partial charge in [-0.15, -0.1) is 0 Å². The molecule has 0 spiro atoms. The Hall–Kier alpha value is -1.23. The van der Waals surface area contributed by atoms with E-state index in [1.54, 1.807) is 6.92 Å². The zero-order chi connectivity index (χ0) is 12.0. The second-order valence-corrected chi connectivity index (χ2v) is 5.12. The van der Waals surface area contributed by atoms with E-state index in [2.05, 4.69) is 14.9 Å². The molecule has 2 saturated heterocycles. The molecular formula is C12H17FN4. The number of piperidine rings is 1. The van der Waals surface area contributed by atoms with Crippen molar-refractivity contribution in [2.75, 3.05) is 4.90 Å². The molecule has 4 nitrogen and oxygen atoms in total. The van der Waals surface area contributed by atoms with E-state index in [0.717, 1.165) is 25.7 Å². The second-order valence-electron chi connectivity index (χ2n) is 5.12. The number of halogens is 1. The zero-order valence-corrected chi connectivity index (χ0v) is 9.93. The number of aryl methyl sites for hydroxylation is 1. The van der Waals surface area contributed by atoms with Crippen LogP contribution in [0.15, 0.2) is 6.33 Å². The van der Waals surface area contributed by atoms with Crippen molar-refractivity contribution in [1.82, 2.24) is 9.97 Å². The number of anilines is 1. The predicted octanol–water partition coefficient (Wildman–Crippen LogP) is 1.38. The van der Waals surface area contributed by atoms with Crippen LogP contribution in [0.3, 0.4) is 0 Å². The summed E-state index contributed by atoms with van der Waals surface area (Å²) in [5, 5.41) is 0. The smallest absolute Gasteiger partial charge is 0.186 e. The normalized spacial score (nSPS) is 31.9. The highest BCUT2D eigenvalue weighted by Gasteiger charge is 2.41. The summed E-state index contributed by atoms with van der Waals surface area (Å²) in [6, 6.07) is 0.967. The molecule has 0 radical (unpaired) electrons. The monoisotopic (exact) mass is 236 g/mol. The summed E-state index contributed by atoms with van der Waals surface area (Å²) < 4.78 is 14.1. The number of fused-ring (bicyclic) bond motifs is 2. The van der Waals surface area contributed by atoms with Crippen LogP contribution in [0.5, 0.6) is 0 Å². The third kappa shape index (κ3) is 1.69. The molecule has 2 bridgehead atoms. The van der Waals surface area contributed by atoms with Gasteiger partial charge in [-0.1, -0.05) is 0 Å². The van der Waals surface area contributed by atoms with E-state index in [-0.39, 0.29) is 11.9 Å².